The van der Waals surface area contributed by atoms with Crippen molar-refractivity contribution >= 4 is 33.2 Å². The predicted octanol–water partition coefficient (Wildman–Crippen LogP) is 2.25. The number of rotatable bonds is 11. The molecule has 2 N–H and O–H groups in total. The van der Waals surface area contributed by atoms with Crippen molar-refractivity contribution in [2.24, 2.45) is 0 Å². The van der Waals surface area contributed by atoms with Crippen molar-refractivity contribution in [1.29, 1.82) is 0 Å². The molecule has 0 spiro atoms. The molecular formula is C21H27N3O5S. The van der Waals surface area contributed by atoms with Crippen molar-refractivity contribution in [3.8, 4) is 0 Å². The molecule has 0 unspecified atom stereocenters. The summed E-state index contributed by atoms with van der Waals surface area (Å²) in [5.41, 5.74) is 1.31. The largest absolute Gasteiger partial charge is 0.383 e. The van der Waals surface area contributed by atoms with Crippen LogP contribution in [0.15, 0.2) is 54.6 Å². The summed E-state index contributed by atoms with van der Waals surface area (Å²) in [4.78, 5) is 24.7. The number of nitrogens with zero attached hydrogens (tertiary/aromatic N) is 1. The smallest absolute Gasteiger partial charge is 0.253 e. The fraction of sp³-hybridized carbons (Fsp3) is 0.333. The number of anilines is 2. The maximum absolute atomic E-state index is 12.4. The SMILES string of the molecule is COCCNC(=O)c1ccccc1NC(=O)CCCN(c1ccccc1)S(C)(=O)=O. The van der Waals surface area contributed by atoms with Gasteiger partial charge < -0.3 is 15.4 Å². The Morgan fingerprint density at radius 1 is 1.03 bits per heavy atom. The number of para-hydroxylation sites is 2. The van der Waals surface area contributed by atoms with E-state index in [9.17, 15) is 18.0 Å². The van der Waals surface area contributed by atoms with Crippen LogP contribution in [0, 0.1) is 0 Å². The molecule has 0 heterocycles. The number of benzene rings is 2. The van der Waals surface area contributed by atoms with Gasteiger partial charge in [-0.2, -0.15) is 0 Å². The van der Waals surface area contributed by atoms with E-state index in [1.807, 2.05) is 0 Å². The first-order chi connectivity index (χ1) is 14.3. The Bertz CT molecular complexity index is 948. The molecule has 0 saturated carbocycles. The van der Waals surface area contributed by atoms with Crippen molar-refractivity contribution in [2.45, 2.75) is 12.8 Å². The zero-order valence-corrected chi connectivity index (χ0v) is 17.9. The second kappa shape index (κ2) is 11.3. The molecule has 0 aliphatic heterocycles. The molecule has 0 saturated heterocycles. The van der Waals surface area contributed by atoms with Crippen LogP contribution in [-0.2, 0) is 19.6 Å². The van der Waals surface area contributed by atoms with Crippen LogP contribution >= 0.6 is 0 Å². The predicted molar refractivity (Wildman–Crippen MR) is 117 cm³/mol. The molecule has 0 aliphatic rings. The molecule has 9 heteroatoms. The summed E-state index contributed by atoms with van der Waals surface area (Å²) in [6.45, 7) is 0.923. The Kier molecular flexibility index (Phi) is 8.82. The van der Waals surface area contributed by atoms with Gasteiger partial charge in [0, 0.05) is 26.6 Å². The van der Waals surface area contributed by atoms with Crippen molar-refractivity contribution in [1.82, 2.24) is 5.32 Å². The molecule has 0 aliphatic carbocycles. The van der Waals surface area contributed by atoms with Gasteiger partial charge in [0.05, 0.1) is 29.8 Å². The van der Waals surface area contributed by atoms with Crippen molar-refractivity contribution in [3.05, 3.63) is 60.2 Å². The van der Waals surface area contributed by atoms with E-state index in [1.165, 1.54) is 4.31 Å². The van der Waals surface area contributed by atoms with E-state index in [-0.39, 0.29) is 24.8 Å². The second-order valence-electron chi connectivity index (χ2n) is 6.62. The second-order valence-corrected chi connectivity index (χ2v) is 8.52. The van der Waals surface area contributed by atoms with Gasteiger partial charge >= 0.3 is 0 Å². The average Bonchev–Trinajstić information content (AvgIpc) is 2.71. The van der Waals surface area contributed by atoms with Crippen molar-refractivity contribution in [3.63, 3.8) is 0 Å². The Morgan fingerprint density at radius 3 is 2.37 bits per heavy atom. The third kappa shape index (κ3) is 7.16. The third-order valence-electron chi connectivity index (χ3n) is 4.25. The van der Waals surface area contributed by atoms with Gasteiger partial charge in [0.25, 0.3) is 5.91 Å². The van der Waals surface area contributed by atoms with E-state index in [4.69, 9.17) is 4.74 Å². The topological polar surface area (TPSA) is 105 Å². The summed E-state index contributed by atoms with van der Waals surface area (Å²) in [5, 5.41) is 5.45. The van der Waals surface area contributed by atoms with E-state index in [0.29, 0.717) is 36.5 Å². The summed E-state index contributed by atoms with van der Waals surface area (Å²) >= 11 is 0. The van der Waals surface area contributed by atoms with Gasteiger partial charge in [0.1, 0.15) is 0 Å². The van der Waals surface area contributed by atoms with Gasteiger partial charge in [-0.3, -0.25) is 13.9 Å². The molecule has 0 aromatic heterocycles. The maximum atomic E-state index is 12.4. The van der Waals surface area contributed by atoms with Crippen LogP contribution in [0.2, 0.25) is 0 Å². The minimum Gasteiger partial charge on any atom is -0.383 e. The fourth-order valence-electron chi connectivity index (χ4n) is 2.83. The molecule has 0 radical (unpaired) electrons. The number of methoxy groups -OCH3 is 1. The highest BCUT2D eigenvalue weighted by Crippen LogP contribution is 2.18. The third-order valence-corrected chi connectivity index (χ3v) is 5.44. The first kappa shape index (κ1) is 23.4. The lowest BCUT2D eigenvalue weighted by atomic mass is 10.1. The van der Waals surface area contributed by atoms with E-state index in [1.54, 1.807) is 61.7 Å². The van der Waals surface area contributed by atoms with Crippen LogP contribution < -0.4 is 14.9 Å². The van der Waals surface area contributed by atoms with Crippen LogP contribution in [0.5, 0.6) is 0 Å². The molecule has 2 aromatic rings. The van der Waals surface area contributed by atoms with Gasteiger partial charge in [-0.25, -0.2) is 8.42 Å². The molecule has 0 fully saturated rings. The van der Waals surface area contributed by atoms with Crippen LogP contribution in [0.25, 0.3) is 0 Å². The van der Waals surface area contributed by atoms with Gasteiger partial charge in [0.2, 0.25) is 15.9 Å². The van der Waals surface area contributed by atoms with E-state index < -0.39 is 10.0 Å². The Labute approximate surface area is 177 Å². The van der Waals surface area contributed by atoms with Gasteiger partial charge in [0.15, 0.2) is 0 Å². The normalized spacial score (nSPS) is 11.0. The molecular weight excluding hydrogens is 406 g/mol. The Balaban J connectivity index is 1.95. The highest BCUT2D eigenvalue weighted by Gasteiger charge is 2.18. The number of ether oxygens (including phenoxy) is 1. The number of nitrogens with one attached hydrogen (secondary N) is 2. The summed E-state index contributed by atoms with van der Waals surface area (Å²) < 4.78 is 30.4. The van der Waals surface area contributed by atoms with Crippen molar-refractivity contribution in [2.75, 3.05) is 42.7 Å². The lowest BCUT2D eigenvalue weighted by Crippen LogP contribution is -2.31. The highest BCUT2D eigenvalue weighted by molar-refractivity contribution is 7.92. The zero-order chi connectivity index (χ0) is 22.0. The molecule has 8 nitrogen and oxygen atoms in total. The Hall–Kier alpha value is -2.91. The summed E-state index contributed by atoms with van der Waals surface area (Å²) in [6.07, 6.45) is 1.58. The van der Waals surface area contributed by atoms with Crippen molar-refractivity contribution < 1.29 is 22.7 Å². The van der Waals surface area contributed by atoms with Gasteiger partial charge in [-0.05, 0) is 30.7 Å². The molecule has 0 atom stereocenters. The quantitative estimate of drug-likeness (QED) is 0.529. The Morgan fingerprint density at radius 2 is 1.70 bits per heavy atom. The molecule has 2 amide bonds. The van der Waals surface area contributed by atoms with Crippen LogP contribution in [0.1, 0.15) is 23.2 Å². The maximum Gasteiger partial charge on any atom is 0.253 e. The summed E-state index contributed by atoms with van der Waals surface area (Å²) in [5.74, 6) is -0.607. The first-order valence-electron chi connectivity index (χ1n) is 9.51. The van der Waals surface area contributed by atoms with Gasteiger partial charge in [-0.1, -0.05) is 30.3 Å². The standard InChI is InChI=1S/C21H27N3O5S/c1-29-16-14-22-21(26)18-11-6-7-12-19(18)23-20(25)13-8-15-24(30(2,27)28)17-9-4-3-5-10-17/h3-7,9-12H,8,13-16H2,1-2H3,(H,22,26)(H,23,25). The minimum absolute atomic E-state index is 0.110. The molecule has 30 heavy (non-hydrogen) atoms. The summed E-state index contributed by atoms with van der Waals surface area (Å²) in [7, 11) is -1.92. The number of carbonyl (C=O) groups excluding carboxylic acids is 2. The summed E-state index contributed by atoms with van der Waals surface area (Å²) in [6, 6.07) is 15.4. The molecule has 2 aromatic carbocycles. The minimum atomic E-state index is -3.47. The number of sulfonamides is 1. The molecule has 162 valence electrons. The highest BCUT2D eigenvalue weighted by atomic mass is 32.2. The van der Waals surface area contributed by atoms with Crippen LogP contribution in [0.4, 0.5) is 11.4 Å². The van der Waals surface area contributed by atoms with Gasteiger partial charge in [-0.15, -0.1) is 0 Å². The first-order valence-corrected chi connectivity index (χ1v) is 11.4. The van der Waals surface area contributed by atoms with E-state index in [0.717, 1.165) is 6.26 Å². The zero-order valence-electron chi connectivity index (χ0n) is 17.1. The fourth-order valence-corrected chi connectivity index (χ4v) is 3.79. The van der Waals surface area contributed by atoms with E-state index >= 15 is 0 Å². The number of hydrogen-bond acceptors (Lipinski definition) is 5. The lowest BCUT2D eigenvalue weighted by molar-refractivity contribution is -0.116. The molecule has 2 rings (SSSR count). The number of carbonyl (C=O) groups is 2. The number of amides is 2. The monoisotopic (exact) mass is 433 g/mol. The van der Waals surface area contributed by atoms with Crippen LogP contribution in [-0.4, -0.2) is 53.3 Å². The molecule has 0 bridgehead atoms. The number of hydrogen-bond donors (Lipinski definition) is 2. The van der Waals surface area contributed by atoms with E-state index in [2.05, 4.69) is 10.6 Å². The lowest BCUT2D eigenvalue weighted by Gasteiger charge is -2.22. The average molecular weight is 434 g/mol. The van der Waals surface area contributed by atoms with Crippen LogP contribution in [0.3, 0.4) is 0 Å².